The van der Waals surface area contributed by atoms with E-state index in [-0.39, 0.29) is 12.1 Å². The maximum Gasteiger partial charge on any atom is 0.407 e. The van der Waals surface area contributed by atoms with Gasteiger partial charge < -0.3 is 15.4 Å². The summed E-state index contributed by atoms with van der Waals surface area (Å²) in [5.74, 6) is 1.44. The van der Waals surface area contributed by atoms with Crippen LogP contribution in [0.25, 0.3) is 0 Å². The number of hydrogen-bond acceptors (Lipinski definition) is 3. The van der Waals surface area contributed by atoms with Crippen LogP contribution in [0.3, 0.4) is 0 Å². The molecule has 1 fully saturated rings. The highest BCUT2D eigenvalue weighted by molar-refractivity contribution is 5.68. The van der Waals surface area contributed by atoms with Gasteiger partial charge in [0.05, 0.1) is 0 Å². The predicted molar refractivity (Wildman–Crippen MR) is 87.4 cm³/mol. The largest absolute Gasteiger partial charge is 0.444 e. The van der Waals surface area contributed by atoms with Crippen LogP contribution in [0.4, 0.5) is 4.79 Å². The van der Waals surface area contributed by atoms with Crippen molar-refractivity contribution in [3.8, 4) is 0 Å². The predicted octanol–water partition coefficient (Wildman–Crippen LogP) is 3.70. The first kappa shape index (κ1) is 18.3. The van der Waals surface area contributed by atoms with E-state index in [2.05, 4.69) is 31.4 Å². The molecule has 1 amide bonds. The fraction of sp³-hybridized carbons (Fsp3) is 0.941. The van der Waals surface area contributed by atoms with Crippen LogP contribution in [0.2, 0.25) is 0 Å². The van der Waals surface area contributed by atoms with E-state index >= 15 is 0 Å². The highest BCUT2D eigenvalue weighted by Crippen LogP contribution is 2.20. The highest BCUT2D eigenvalue weighted by Gasteiger charge is 2.24. The van der Waals surface area contributed by atoms with Gasteiger partial charge in [0.25, 0.3) is 0 Å². The fourth-order valence-corrected chi connectivity index (χ4v) is 2.50. The van der Waals surface area contributed by atoms with Gasteiger partial charge in [-0.15, -0.1) is 0 Å². The number of hydrogen-bond donors (Lipinski definition) is 2. The lowest BCUT2D eigenvalue weighted by Gasteiger charge is -2.31. The molecule has 0 bridgehead atoms. The Labute approximate surface area is 130 Å². The van der Waals surface area contributed by atoms with Crippen LogP contribution in [0.15, 0.2) is 0 Å². The second-order valence-electron chi connectivity index (χ2n) is 7.82. The summed E-state index contributed by atoms with van der Waals surface area (Å²) >= 11 is 0. The molecule has 1 saturated carbocycles. The molecule has 1 atom stereocenters. The van der Waals surface area contributed by atoms with Crippen LogP contribution in [-0.2, 0) is 4.74 Å². The summed E-state index contributed by atoms with van der Waals surface area (Å²) in [6.07, 6.45) is 4.04. The van der Waals surface area contributed by atoms with E-state index in [0.717, 1.165) is 38.1 Å². The van der Waals surface area contributed by atoms with Gasteiger partial charge >= 0.3 is 6.09 Å². The molecule has 21 heavy (non-hydrogen) atoms. The molecule has 4 heteroatoms. The minimum atomic E-state index is -0.421. The zero-order chi connectivity index (χ0) is 16.0. The number of ether oxygens (including phenoxy) is 1. The molecular formula is C17H34N2O2. The van der Waals surface area contributed by atoms with Crippen molar-refractivity contribution in [1.29, 1.82) is 0 Å². The Morgan fingerprint density at radius 2 is 1.62 bits per heavy atom. The number of carbonyl (C=O) groups is 1. The van der Waals surface area contributed by atoms with E-state index in [1.54, 1.807) is 0 Å². The molecule has 0 saturated heterocycles. The third kappa shape index (κ3) is 7.70. The molecule has 0 aliphatic heterocycles. The number of carbonyl (C=O) groups excluding carboxylic acids is 1. The Kier molecular flexibility index (Phi) is 6.98. The molecule has 4 nitrogen and oxygen atoms in total. The average Bonchev–Trinajstić information content (AvgIpc) is 2.35. The lowest BCUT2D eigenvalue weighted by atomic mass is 9.90. The van der Waals surface area contributed by atoms with Crippen molar-refractivity contribution in [2.24, 2.45) is 11.8 Å². The maximum atomic E-state index is 11.7. The number of rotatable bonds is 5. The third-order valence-corrected chi connectivity index (χ3v) is 4.31. The molecule has 0 aromatic heterocycles. The van der Waals surface area contributed by atoms with E-state index in [4.69, 9.17) is 4.74 Å². The Bertz CT molecular complexity index is 315. The topological polar surface area (TPSA) is 50.4 Å². The second kappa shape index (κ2) is 8.02. The van der Waals surface area contributed by atoms with Crippen LogP contribution in [0.1, 0.15) is 67.2 Å². The van der Waals surface area contributed by atoms with Gasteiger partial charge in [-0.3, -0.25) is 0 Å². The molecule has 0 aromatic carbocycles. The SMILES string of the molecule is CC(C)C(C)CNC1CCC(NC(=O)OC(C)(C)C)CC1. The monoisotopic (exact) mass is 298 g/mol. The zero-order valence-electron chi connectivity index (χ0n) is 14.7. The van der Waals surface area contributed by atoms with Crippen LogP contribution in [0, 0.1) is 11.8 Å². The van der Waals surface area contributed by atoms with E-state index in [1.807, 2.05) is 20.8 Å². The van der Waals surface area contributed by atoms with E-state index in [1.165, 1.54) is 0 Å². The smallest absolute Gasteiger partial charge is 0.407 e. The van der Waals surface area contributed by atoms with Crippen LogP contribution >= 0.6 is 0 Å². The summed E-state index contributed by atoms with van der Waals surface area (Å²) in [6, 6.07) is 0.864. The maximum absolute atomic E-state index is 11.7. The van der Waals surface area contributed by atoms with Gasteiger partial charge in [0, 0.05) is 12.1 Å². The summed E-state index contributed by atoms with van der Waals surface area (Å²) in [5, 5.41) is 6.66. The van der Waals surface area contributed by atoms with Crippen LogP contribution in [-0.4, -0.2) is 30.3 Å². The lowest BCUT2D eigenvalue weighted by Crippen LogP contribution is -2.44. The van der Waals surface area contributed by atoms with E-state index < -0.39 is 5.60 Å². The molecule has 1 aliphatic carbocycles. The first-order chi connectivity index (χ1) is 9.67. The first-order valence-corrected chi connectivity index (χ1v) is 8.40. The minimum absolute atomic E-state index is 0.264. The average molecular weight is 298 g/mol. The van der Waals surface area contributed by atoms with Gasteiger partial charge in [-0.1, -0.05) is 20.8 Å². The summed E-state index contributed by atoms with van der Waals surface area (Å²) in [5.41, 5.74) is -0.421. The van der Waals surface area contributed by atoms with Crippen molar-refractivity contribution in [2.45, 2.75) is 84.9 Å². The lowest BCUT2D eigenvalue weighted by molar-refractivity contribution is 0.0489. The van der Waals surface area contributed by atoms with Crippen molar-refractivity contribution in [1.82, 2.24) is 10.6 Å². The van der Waals surface area contributed by atoms with Crippen molar-refractivity contribution in [3.63, 3.8) is 0 Å². The fourth-order valence-electron chi connectivity index (χ4n) is 2.50. The van der Waals surface area contributed by atoms with E-state index in [9.17, 15) is 4.79 Å². The molecule has 0 radical (unpaired) electrons. The molecule has 0 aromatic rings. The highest BCUT2D eigenvalue weighted by atomic mass is 16.6. The molecule has 1 aliphatic rings. The number of alkyl carbamates (subject to hydrolysis) is 1. The summed E-state index contributed by atoms with van der Waals surface area (Å²) in [4.78, 5) is 11.7. The summed E-state index contributed by atoms with van der Waals surface area (Å²) in [6.45, 7) is 13.6. The first-order valence-electron chi connectivity index (χ1n) is 8.40. The molecule has 1 unspecified atom stereocenters. The Balaban J connectivity index is 2.22. The molecule has 124 valence electrons. The van der Waals surface area contributed by atoms with Crippen molar-refractivity contribution >= 4 is 6.09 Å². The van der Waals surface area contributed by atoms with Gasteiger partial charge in [-0.25, -0.2) is 4.79 Å². The quantitative estimate of drug-likeness (QED) is 0.813. The van der Waals surface area contributed by atoms with Gasteiger partial charge in [-0.2, -0.15) is 0 Å². The normalized spacial score (nSPS) is 24.7. The van der Waals surface area contributed by atoms with Gasteiger partial charge in [0.1, 0.15) is 5.60 Å². The van der Waals surface area contributed by atoms with Crippen molar-refractivity contribution in [2.75, 3.05) is 6.54 Å². The Morgan fingerprint density at radius 3 is 2.10 bits per heavy atom. The standard InChI is InChI=1S/C17H34N2O2/c1-12(2)13(3)11-18-14-7-9-15(10-8-14)19-16(20)21-17(4,5)6/h12-15,18H,7-11H2,1-6H3,(H,19,20). The Morgan fingerprint density at radius 1 is 1.10 bits per heavy atom. The van der Waals surface area contributed by atoms with Crippen molar-refractivity contribution in [3.05, 3.63) is 0 Å². The molecular weight excluding hydrogens is 264 g/mol. The summed E-state index contributed by atoms with van der Waals surface area (Å²) in [7, 11) is 0. The van der Waals surface area contributed by atoms with E-state index in [0.29, 0.717) is 12.0 Å². The minimum Gasteiger partial charge on any atom is -0.444 e. The zero-order valence-corrected chi connectivity index (χ0v) is 14.7. The van der Waals surface area contributed by atoms with Crippen LogP contribution in [0.5, 0.6) is 0 Å². The molecule has 1 rings (SSSR count). The van der Waals surface area contributed by atoms with Gasteiger partial charge in [0.2, 0.25) is 0 Å². The van der Waals surface area contributed by atoms with Crippen molar-refractivity contribution < 1.29 is 9.53 Å². The summed E-state index contributed by atoms with van der Waals surface area (Å²) < 4.78 is 5.31. The van der Waals surface area contributed by atoms with Gasteiger partial charge in [-0.05, 0) is 64.8 Å². The Hall–Kier alpha value is -0.770. The molecule has 2 N–H and O–H groups in total. The molecule has 0 spiro atoms. The van der Waals surface area contributed by atoms with Crippen LogP contribution < -0.4 is 10.6 Å². The third-order valence-electron chi connectivity index (χ3n) is 4.31. The number of nitrogens with one attached hydrogen (secondary N) is 2. The second-order valence-corrected chi connectivity index (χ2v) is 7.82. The number of amides is 1. The van der Waals surface area contributed by atoms with Gasteiger partial charge in [0.15, 0.2) is 0 Å². The molecule has 0 heterocycles.